The second-order valence-electron chi connectivity index (χ2n) is 2.37. The molecule has 69 valence electrons. The zero-order chi connectivity index (χ0) is 8.55. The van der Waals surface area contributed by atoms with Crippen LogP contribution in [0.1, 0.15) is 0 Å². The zero-order valence-electron chi connectivity index (χ0n) is 6.45. The molecule has 0 saturated heterocycles. The standard InChI is InChI=1S/C8H5Cl2N2.ClH/c9-7(10)8-11-5-3-1-2-4-6(5)12-8;/h1-4,7H;1H. The van der Waals surface area contributed by atoms with Crippen LogP contribution in [-0.4, -0.2) is 10.7 Å². The highest BCUT2D eigenvalue weighted by Gasteiger charge is 2.19. The summed E-state index contributed by atoms with van der Waals surface area (Å²) in [5.41, 5.74) is 1.66. The maximum Gasteiger partial charge on any atom is 0.167 e. The molecule has 1 aromatic carbocycles. The van der Waals surface area contributed by atoms with Crippen molar-refractivity contribution in [3.63, 3.8) is 0 Å². The predicted octanol–water partition coefficient (Wildman–Crippen LogP) is 3.19. The van der Waals surface area contributed by atoms with Crippen LogP contribution >= 0.6 is 35.6 Å². The number of aliphatic imine (C=N–C) groups is 1. The number of alkyl halides is 2. The molecule has 0 aromatic heterocycles. The van der Waals surface area contributed by atoms with Gasteiger partial charge in [-0.3, -0.25) is 0 Å². The highest BCUT2D eigenvalue weighted by molar-refractivity contribution is 6.54. The number of para-hydroxylation sites is 2. The summed E-state index contributed by atoms with van der Waals surface area (Å²) >= 11 is 11.2. The van der Waals surface area contributed by atoms with Crippen molar-refractivity contribution in [1.29, 1.82) is 0 Å². The van der Waals surface area contributed by atoms with Crippen LogP contribution in [0.5, 0.6) is 0 Å². The molecule has 2 nitrogen and oxygen atoms in total. The first-order chi connectivity index (χ1) is 5.77. The van der Waals surface area contributed by atoms with Crippen LogP contribution in [0.3, 0.4) is 0 Å². The Bertz CT molecular complexity index is 336. The fraction of sp³-hybridized carbons (Fsp3) is 0.125. The molecule has 2 rings (SSSR count). The Morgan fingerprint density at radius 2 is 1.69 bits per heavy atom. The lowest BCUT2D eigenvalue weighted by molar-refractivity contribution is 1.28. The summed E-state index contributed by atoms with van der Waals surface area (Å²) in [6, 6.07) is 7.56. The zero-order valence-corrected chi connectivity index (χ0v) is 8.77. The lowest BCUT2D eigenvalue weighted by Crippen LogP contribution is -2.14. The molecule has 0 unspecified atom stereocenters. The highest BCUT2D eigenvalue weighted by atomic mass is 35.5. The summed E-state index contributed by atoms with van der Waals surface area (Å²) in [5, 5.41) is 4.14. The molecule has 0 amide bonds. The Labute approximate surface area is 92.4 Å². The molecular weight excluding hydrogens is 230 g/mol. The Morgan fingerprint density at radius 1 is 1.08 bits per heavy atom. The van der Waals surface area contributed by atoms with E-state index in [2.05, 4.69) is 10.3 Å². The van der Waals surface area contributed by atoms with Crippen LogP contribution in [0, 0.1) is 0 Å². The van der Waals surface area contributed by atoms with Crippen molar-refractivity contribution in [2.75, 3.05) is 0 Å². The monoisotopic (exact) mass is 235 g/mol. The Hall–Kier alpha value is -0.440. The summed E-state index contributed by atoms with van der Waals surface area (Å²) in [6.45, 7) is 0. The van der Waals surface area contributed by atoms with Crippen molar-refractivity contribution >= 4 is 52.8 Å². The molecule has 1 aliphatic rings. The molecule has 1 aliphatic heterocycles. The first-order valence-corrected chi connectivity index (χ1v) is 4.32. The van der Waals surface area contributed by atoms with Gasteiger partial charge in [-0.1, -0.05) is 35.3 Å². The minimum Gasteiger partial charge on any atom is -0.228 e. The second kappa shape index (κ2) is 4.18. The van der Waals surface area contributed by atoms with Crippen molar-refractivity contribution in [1.82, 2.24) is 5.32 Å². The normalized spacial score (nSPS) is 13.0. The van der Waals surface area contributed by atoms with Crippen LogP contribution in [0.4, 0.5) is 11.4 Å². The third-order valence-corrected chi connectivity index (χ3v) is 1.94. The fourth-order valence-corrected chi connectivity index (χ4v) is 1.22. The van der Waals surface area contributed by atoms with Crippen LogP contribution in [0.2, 0.25) is 0 Å². The third kappa shape index (κ3) is 2.08. The van der Waals surface area contributed by atoms with Gasteiger partial charge in [0.15, 0.2) is 10.7 Å². The number of fused-ring (bicyclic) bond motifs is 1. The first kappa shape index (κ1) is 10.6. The minimum absolute atomic E-state index is 0. The molecule has 0 aliphatic carbocycles. The Morgan fingerprint density at radius 3 is 2.23 bits per heavy atom. The summed E-state index contributed by atoms with van der Waals surface area (Å²) in [6.07, 6.45) is 0. The summed E-state index contributed by atoms with van der Waals surface area (Å²) in [5.74, 6) is 0.472. The van der Waals surface area contributed by atoms with E-state index in [1.165, 1.54) is 0 Å². The van der Waals surface area contributed by atoms with Gasteiger partial charge in [0.05, 0.1) is 11.4 Å². The molecule has 13 heavy (non-hydrogen) atoms. The number of hydrogen-bond acceptors (Lipinski definition) is 1. The molecule has 0 spiro atoms. The average Bonchev–Trinajstić information content (AvgIpc) is 2.46. The van der Waals surface area contributed by atoms with Gasteiger partial charge in [0.1, 0.15) is 0 Å². The molecule has 1 heterocycles. The van der Waals surface area contributed by atoms with Gasteiger partial charge < -0.3 is 0 Å². The van der Waals surface area contributed by atoms with E-state index in [-0.39, 0.29) is 12.4 Å². The molecule has 0 fully saturated rings. The minimum atomic E-state index is -0.641. The third-order valence-electron chi connectivity index (χ3n) is 1.55. The van der Waals surface area contributed by atoms with E-state index in [0.717, 1.165) is 11.4 Å². The van der Waals surface area contributed by atoms with Crippen molar-refractivity contribution < 1.29 is 0 Å². The van der Waals surface area contributed by atoms with Gasteiger partial charge in [-0.2, -0.15) is 0 Å². The predicted molar refractivity (Wildman–Crippen MR) is 58.1 cm³/mol. The lowest BCUT2D eigenvalue weighted by Gasteiger charge is -1.97. The van der Waals surface area contributed by atoms with Crippen LogP contribution in [0.15, 0.2) is 29.3 Å². The van der Waals surface area contributed by atoms with E-state index in [0.29, 0.717) is 5.84 Å². The number of nitrogens with zero attached hydrogens (tertiary/aromatic N) is 2. The molecule has 0 saturated carbocycles. The van der Waals surface area contributed by atoms with Gasteiger partial charge in [0, 0.05) is 0 Å². The molecule has 0 N–H and O–H groups in total. The summed E-state index contributed by atoms with van der Waals surface area (Å²) in [4.78, 5) is 3.50. The topological polar surface area (TPSA) is 26.5 Å². The first-order valence-electron chi connectivity index (χ1n) is 3.45. The fourth-order valence-electron chi connectivity index (χ4n) is 1.02. The maximum atomic E-state index is 5.62. The van der Waals surface area contributed by atoms with Crippen LogP contribution < -0.4 is 5.32 Å². The Kier molecular flexibility index (Phi) is 3.42. The van der Waals surface area contributed by atoms with E-state index in [1.807, 2.05) is 24.3 Å². The number of hydrogen-bond donors (Lipinski definition) is 0. The van der Waals surface area contributed by atoms with Gasteiger partial charge >= 0.3 is 0 Å². The second-order valence-corrected chi connectivity index (χ2v) is 3.47. The summed E-state index contributed by atoms with van der Waals surface area (Å²) < 4.78 is 0. The van der Waals surface area contributed by atoms with Gasteiger partial charge in [-0.05, 0) is 12.1 Å². The quantitative estimate of drug-likeness (QED) is 0.670. The SMILES string of the molecule is Cl.ClC(Cl)C1=Nc2ccccc2[N]1. The van der Waals surface area contributed by atoms with Gasteiger partial charge in [-0.25, -0.2) is 10.3 Å². The van der Waals surface area contributed by atoms with Gasteiger partial charge in [0.2, 0.25) is 0 Å². The number of halogens is 3. The molecular formula is C8H6Cl3N2. The largest absolute Gasteiger partial charge is 0.228 e. The van der Waals surface area contributed by atoms with Gasteiger partial charge in [-0.15, -0.1) is 12.4 Å². The smallest absolute Gasteiger partial charge is 0.167 e. The number of rotatable bonds is 1. The average molecular weight is 237 g/mol. The van der Waals surface area contributed by atoms with Crippen molar-refractivity contribution in [3.8, 4) is 0 Å². The number of benzene rings is 1. The van der Waals surface area contributed by atoms with Crippen LogP contribution in [-0.2, 0) is 0 Å². The molecule has 1 radical (unpaired) electrons. The Balaban J connectivity index is 0.000000845. The highest BCUT2D eigenvalue weighted by Crippen LogP contribution is 2.31. The lowest BCUT2D eigenvalue weighted by atomic mass is 10.3. The summed E-state index contributed by atoms with van der Waals surface area (Å²) in [7, 11) is 0. The van der Waals surface area contributed by atoms with Crippen molar-refractivity contribution in [3.05, 3.63) is 24.3 Å². The number of amidine groups is 1. The van der Waals surface area contributed by atoms with Crippen LogP contribution in [0.25, 0.3) is 0 Å². The van der Waals surface area contributed by atoms with E-state index < -0.39 is 4.84 Å². The van der Waals surface area contributed by atoms with E-state index in [1.54, 1.807) is 0 Å². The van der Waals surface area contributed by atoms with E-state index in [4.69, 9.17) is 23.2 Å². The van der Waals surface area contributed by atoms with Crippen molar-refractivity contribution in [2.24, 2.45) is 4.99 Å². The van der Waals surface area contributed by atoms with Gasteiger partial charge in [0.25, 0.3) is 0 Å². The molecule has 0 bridgehead atoms. The molecule has 5 heteroatoms. The van der Waals surface area contributed by atoms with Crippen molar-refractivity contribution in [2.45, 2.75) is 4.84 Å². The molecule has 0 atom stereocenters. The molecule has 1 aromatic rings. The maximum absolute atomic E-state index is 5.62. The van der Waals surface area contributed by atoms with E-state index >= 15 is 0 Å². The van der Waals surface area contributed by atoms with E-state index in [9.17, 15) is 0 Å².